The van der Waals surface area contributed by atoms with E-state index in [9.17, 15) is 0 Å². The molecule has 2 aliphatic rings. The molecule has 0 nitrogen and oxygen atoms in total. The van der Waals surface area contributed by atoms with Crippen LogP contribution in [0.15, 0.2) is 96.1 Å². The van der Waals surface area contributed by atoms with Crippen molar-refractivity contribution in [2.24, 2.45) is 0 Å². The Morgan fingerprint density at radius 1 is 0.744 bits per heavy atom. The summed E-state index contributed by atoms with van der Waals surface area (Å²) in [6, 6.07) is 28.5. The summed E-state index contributed by atoms with van der Waals surface area (Å²) in [5, 5.41) is 1.39. The van der Waals surface area contributed by atoms with E-state index in [0.717, 1.165) is 0 Å². The van der Waals surface area contributed by atoms with Crippen LogP contribution >= 0.6 is 22.7 Å². The fourth-order valence-corrected chi connectivity index (χ4v) is 10.7. The molecule has 2 aliphatic carbocycles. The van der Waals surface area contributed by atoms with Crippen molar-refractivity contribution >= 4 is 67.8 Å². The summed E-state index contributed by atoms with van der Waals surface area (Å²) in [6.07, 6.45) is 7.35. The van der Waals surface area contributed by atoms with E-state index in [4.69, 9.17) is 0 Å². The van der Waals surface area contributed by atoms with Crippen LogP contribution in [0.4, 0.5) is 0 Å². The zero-order valence-corrected chi connectivity index (χ0v) is 27.2. The van der Waals surface area contributed by atoms with Gasteiger partial charge in [0.15, 0.2) is 0 Å². The molecule has 0 bridgehead atoms. The van der Waals surface area contributed by atoms with Crippen LogP contribution in [0.1, 0.15) is 32.7 Å². The third kappa shape index (κ3) is 4.33. The van der Waals surface area contributed by atoms with Gasteiger partial charge in [0.25, 0.3) is 0 Å². The molecule has 0 saturated carbocycles. The molecule has 0 atom stereocenters. The van der Waals surface area contributed by atoms with Gasteiger partial charge in [-0.15, -0.1) is 0 Å². The van der Waals surface area contributed by atoms with Gasteiger partial charge < -0.3 is 0 Å². The predicted octanol–water partition coefficient (Wildman–Crippen LogP) is 9.75. The van der Waals surface area contributed by atoms with Gasteiger partial charge in [0.05, 0.1) is 0 Å². The first-order valence-corrected chi connectivity index (χ1v) is 18.6. The fourth-order valence-electron chi connectivity index (χ4n) is 5.70. The number of benzene rings is 3. The van der Waals surface area contributed by atoms with Gasteiger partial charge in [-0.2, -0.15) is 0 Å². The second kappa shape index (κ2) is 10.1. The Bertz CT molecular complexity index is 1920. The molecule has 3 aromatic carbocycles. The zero-order valence-electron chi connectivity index (χ0n) is 22.1. The van der Waals surface area contributed by atoms with Crippen molar-refractivity contribution in [3.05, 3.63) is 122 Å². The predicted molar refractivity (Wildman–Crippen MR) is 173 cm³/mol. The van der Waals surface area contributed by atoms with E-state index in [0.29, 0.717) is 0 Å². The number of allylic oxidation sites excluding steroid dienone is 4. The molecule has 0 N–H and O–H groups in total. The molecule has 0 spiro atoms. The molecule has 0 unspecified atom stereocenters. The Kier molecular flexibility index (Phi) is 6.56. The quantitative estimate of drug-likeness (QED) is 0.174. The summed E-state index contributed by atoms with van der Waals surface area (Å²) in [7, 11) is -0.484. The van der Waals surface area contributed by atoms with Crippen molar-refractivity contribution in [1.82, 2.24) is 0 Å². The Labute approximate surface area is 254 Å². The zero-order chi connectivity index (χ0) is 26.7. The van der Waals surface area contributed by atoms with Crippen LogP contribution in [0, 0.1) is 0 Å². The Hall–Kier alpha value is -2.62. The minimum absolute atomic E-state index is 0.484. The SMILES string of the molecule is CC1=Cc2c(sc3cccc(-c4ccccc4)c23)C1=CC1=Cc2c(sc(C=[Si](C)C)c2-c2ccccc2)[C]1=[Zr+2]. The normalized spacial score (nSPS) is 15.0. The van der Waals surface area contributed by atoms with Crippen molar-refractivity contribution in [3.8, 4) is 22.3 Å². The molecule has 0 amide bonds. The van der Waals surface area contributed by atoms with Crippen LogP contribution < -0.4 is 0 Å². The molecule has 7 rings (SSSR count). The molecule has 4 heteroatoms. The van der Waals surface area contributed by atoms with Gasteiger partial charge in [-0.25, -0.2) is 0 Å². The van der Waals surface area contributed by atoms with Crippen molar-refractivity contribution < 1.29 is 24.2 Å². The van der Waals surface area contributed by atoms with Crippen LogP contribution in [-0.2, 0) is 24.2 Å². The van der Waals surface area contributed by atoms with E-state index >= 15 is 0 Å². The van der Waals surface area contributed by atoms with E-state index in [1.807, 2.05) is 22.7 Å². The summed E-state index contributed by atoms with van der Waals surface area (Å²) in [6.45, 7) is 7.02. The van der Waals surface area contributed by atoms with Crippen molar-refractivity contribution in [2.45, 2.75) is 20.0 Å². The van der Waals surface area contributed by atoms with Gasteiger partial charge >= 0.3 is 256 Å². The van der Waals surface area contributed by atoms with Crippen LogP contribution in [0.2, 0.25) is 13.1 Å². The molecular formula is C35H26S2SiZr+2. The van der Waals surface area contributed by atoms with Gasteiger partial charge in [0.2, 0.25) is 0 Å². The topological polar surface area (TPSA) is 0 Å². The van der Waals surface area contributed by atoms with Crippen molar-refractivity contribution in [2.75, 3.05) is 0 Å². The van der Waals surface area contributed by atoms with E-state index in [1.54, 1.807) is 0 Å². The van der Waals surface area contributed by atoms with Crippen LogP contribution in [-0.4, -0.2) is 17.3 Å². The minimum atomic E-state index is -0.484. The van der Waals surface area contributed by atoms with Gasteiger partial charge in [0, 0.05) is 0 Å². The van der Waals surface area contributed by atoms with Crippen molar-refractivity contribution in [3.63, 3.8) is 0 Å². The third-order valence-corrected chi connectivity index (χ3v) is 12.7. The summed E-state index contributed by atoms with van der Waals surface area (Å²) in [4.78, 5) is 4.33. The van der Waals surface area contributed by atoms with Crippen LogP contribution in [0.5, 0.6) is 0 Å². The monoisotopic (exact) mass is 628 g/mol. The molecule has 0 radical (unpaired) electrons. The average molecular weight is 630 g/mol. The summed E-state index contributed by atoms with van der Waals surface area (Å²) >= 11 is 5.41. The summed E-state index contributed by atoms with van der Waals surface area (Å²) in [5.74, 6) is 0. The first-order valence-electron chi connectivity index (χ1n) is 13.2. The molecule has 5 aromatic rings. The Morgan fingerprint density at radius 3 is 2.18 bits per heavy atom. The molecule has 2 heterocycles. The van der Waals surface area contributed by atoms with Crippen LogP contribution in [0.3, 0.4) is 0 Å². The van der Waals surface area contributed by atoms with Gasteiger partial charge in [0.1, 0.15) is 0 Å². The second-order valence-electron chi connectivity index (χ2n) is 10.4. The van der Waals surface area contributed by atoms with Gasteiger partial charge in [-0.05, 0) is 0 Å². The molecule has 184 valence electrons. The maximum atomic E-state index is 2.53. The number of hydrogen-bond donors (Lipinski definition) is 0. The first-order chi connectivity index (χ1) is 19.0. The van der Waals surface area contributed by atoms with E-state index in [1.165, 1.54) is 102 Å². The maximum absolute atomic E-state index is 2.53. The fraction of sp³-hybridized carbons (Fsp3) is 0.0857. The average Bonchev–Trinajstić information content (AvgIpc) is 3.65. The van der Waals surface area contributed by atoms with Gasteiger partial charge in [-0.1, -0.05) is 0 Å². The third-order valence-electron chi connectivity index (χ3n) is 7.44. The number of rotatable bonds is 4. The summed E-state index contributed by atoms with van der Waals surface area (Å²) < 4.78 is 2.85. The van der Waals surface area contributed by atoms with E-state index < -0.39 is 8.41 Å². The number of hydrogen-bond acceptors (Lipinski definition) is 2. The van der Waals surface area contributed by atoms with Crippen molar-refractivity contribution in [1.29, 1.82) is 0 Å². The van der Waals surface area contributed by atoms with E-state index in [-0.39, 0.29) is 0 Å². The Morgan fingerprint density at radius 2 is 1.46 bits per heavy atom. The molecule has 2 aromatic heterocycles. The molecule has 0 saturated heterocycles. The summed E-state index contributed by atoms with van der Waals surface area (Å²) in [5.41, 5.74) is 14.8. The second-order valence-corrected chi connectivity index (χ2v) is 16.2. The molecular weight excluding hydrogens is 604 g/mol. The van der Waals surface area contributed by atoms with E-state index in [2.05, 4.69) is 123 Å². The molecule has 0 fully saturated rings. The number of fused-ring (bicyclic) bond motifs is 4. The standard InChI is InChI=1S/C35H26S2Si.Zr/c1-22-17-29-34-26(24-11-6-4-7-12-24)15-10-16-30(34)37-35(29)27(22)18-23-19-28-31(20-23)36-32(21-38(2)3)33(28)25-13-8-5-9-14-25;/h4-19,21H,1-3H3;/q;+2. The number of thiophene rings is 2. The first kappa shape index (κ1) is 25.4. The molecule has 0 aliphatic heterocycles. The molecule has 39 heavy (non-hydrogen) atoms. The Balaban J connectivity index is 1.37. The van der Waals surface area contributed by atoms with Gasteiger partial charge in [-0.3, -0.25) is 0 Å². The van der Waals surface area contributed by atoms with Crippen LogP contribution in [0.25, 0.3) is 50.1 Å².